The third-order valence-electron chi connectivity index (χ3n) is 10.1. The summed E-state index contributed by atoms with van der Waals surface area (Å²) in [5, 5.41) is 5.85. The minimum absolute atomic E-state index is 0.152. The zero-order valence-electron chi connectivity index (χ0n) is 33.2. The van der Waals surface area contributed by atoms with E-state index in [1.807, 2.05) is 66.7 Å². The highest BCUT2D eigenvalue weighted by Gasteiger charge is 2.18. The molecule has 0 saturated carbocycles. The first kappa shape index (κ1) is 22.7. The molecule has 3 heteroatoms. The first-order chi connectivity index (χ1) is 27.8. The molecular formula is C48H30N2O. The number of hydrogen-bond donors (Lipinski definition) is 0. The Morgan fingerprint density at radius 1 is 0.392 bits per heavy atom. The number of furan rings is 1. The summed E-state index contributed by atoms with van der Waals surface area (Å²) in [4.78, 5) is 0. The Morgan fingerprint density at radius 2 is 1.06 bits per heavy atom. The van der Waals surface area contributed by atoms with Gasteiger partial charge in [-0.15, -0.1) is 0 Å². The number of benzene rings is 8. The number of para-hydroxylation sites is 3. The van der Waals surface area contributed by atoms with Gasteiger partial charge in [0.15, 0.2) is 0 Å². The van der Waals surface area contributed by atoms with Crippen LogP contribution in [0.1, 0.15) is 8.22 Å². The van der Waals surface area contributed by atoms with Crippen molar-refractivity contribution >= 4 is 65.6 Å². The molecule has 0 aliphatic rings. The maximum absolute atomic E-state index is 8.66. The summed E-state index contributed by atoms with van der Waals surface area (Å²) in [6.07, 6.45) is 0. The van der Waals surface area contributed by atoms with Gasteiger partial charge in [0.05, 0.1) is 30.3 Å². The highest BCUT2D eigenvalue weighted by Crippen LogP contribution is 2.41. The van der Waals surface area contributed by atoms with Gasteiger partial charge < -0.3 is 13.6 Å². The fourth-order valence-electron chi connectivity index (χ4n) is 7.92. The number of nitrogens with zero attached hydrogens (tertiary/aromatic N) is 2. The Morgan fingerprint density at radius 3 is 1.84 bits per heavy atom. The minimum atomic E-state index is -0.419. The average molecular weight is 657 g/mol. The van der Waals surface area contributed by atoms with E-state index in [1.165, 1.54) is 0 Å². The molecule has 11 rings (SSSR count). The topological polar surface area (TPSA) is 23.0 Å². The van der Waals surface area contributed by atoms with Crippen LogP contribution < -0.4 is 0 Å². The summed E-state index contributed by atoms with van der Waals surface area (Å²) in [6.45, 7) is 0. The molecule has 0 bridgehead atoms. The van der Waals surface area contributed by atoms with E-state index in [-0.39, 0.29) is 29.7 Å². The molecule has 3 nitrogen and oxygen atoms in total. The molecule has 51 heavy (non-hydrogen) atoms. The molecule has 3 heterocycles. The minimum Gasteiger partial charge on any atom is -0.456 e. The van der Waals surface area contributed by atoms with Crippen LogP contribution in [0.5, 0.6) is 0 Å². The van der Waals surface area contributed by atoms with Gasteiger partial charge in [-0.25, -0.2) is 0 Å². The lowest BCUT2D eigenvalue weighted by Crippen LogP contribution is -1.93. The smallest absolute Gasteiger partial charge is 0.137 e. The fraction of sp³-hybridized carbons (Fsp3) is 0. The van der Waals surface area contributed by atoms with Crippen molar-refractivity contribution in [3.05, 3.63) is 182 Å². The van der Waals surface area contributed by atoms with Gasteiger partial charge in [-0.1, -0.05) is 109 Å². The molecule has 0 amide bonds. The van der Waals surface area contributed by atoms with Crippen molar-refractivity contribution < 1.29 is 12.6 Å². The van der Waals surface area contributed by atoms with Crippen LogP contribution >= 0.6 is 0 Å². The fourth-order valence-corrected chi connectivity index (χ4v) is 7.92. The van der Waals surface area contributed by atoms with Crippen LogP contribution in [-0.2, 0) is 0 Å². The van der Waals surface area contributed by atoms with E-state index in [0.29, 0.717) is 28.2 Å². The van der Waals surface area contributed by atoms with E-state index in [2.05, 4.69) is 75.9 Å². The number of aromatic nitrogens is 2. The van der Waals surface area contributed by atoms with Crippen molar-refractivity contribution in [2.45, 2.75) is 0 Å². The van der Waals surface area contributed by atoms with Crippen LogP contribution in [0.2, 0.25) is 0 Å². The lowest BCUT2D eigenvalue weighted by Gasteiger charge is -2.09. The van der Waals surface area contributed by atoms with Crippen molar-refractivity contribution in [3.8, 4) is 33.6 Å². The largest absolute Gasteiger partial charge is 0.456 e. The quantitative estimate of drug-likeness (QED) is 0.185. The Hall–Kier alpha value is -6.84. The zero-order chi connectivity index (χ0) is 38.7. The monoisotopic (exact) mass is 656 g/mol. The Kier molecular flexibility index (Phi) is 4.83. The summed E-state index contributed by atoms with van der Waals surface area (Å²) in [7, 11) is 0. The highest BCUT2D eigenvalue weighted by atomic mass is 16.3. The normalized spacial score (nSPS) is 13.6. The molecule has 3 aromatic heterocycles. The first-order valence-electron chi connectivity index (χ1n) is 19.9. The van der Waals surface area contributed by atoms with Gasteiger partial charge in [0.2, 0.25) is 0 Å². The summed E-state index contributed by atoms with van der Waals surface area (Å²) < 4.78 is 61.3. The zero-order valence-corrected chi connectivity index (χ0v) is 27.2. The van der Waals surface area contributed by atoms with Gasteiger partial charge in [0.25, 0.3) is 0 Å². The molecule has 0 unspecified atom stereocenters. The van der Waals surface area contributed by atoms with Crippen LogP contribution in [0, 0.1) is 0 Å². The number of fused-ring (bicyclic) bond motifs is 9. The van der Waals surface area contributed by atoms with Gasteiger partial charge >= 0.3 is 0 Å². The highest BCUT2D eigenvalue weighted by molar-refractivity contribution is 6.15. The molecule has 11 aromatic rings. The van der Waals surface area contributed by atoms with Gasteiger partial charge in [0, 0.05) is 49.8 Å². The summed E-state index contributed by atoms with van der Waals surface area (Å²) in [6, 6.07) is 48.0. The summed E-state index contributed by atoms with van der Waals surface area (Å²) >= 11 is 0. The molecule has 0 N–H and O–H groups in total. The van der Waals surface area contributed by atoms with Crippen LogP contribution in [0.15, 0.2) is 186 Å². The van der Waals surface area contributed by atoms with Crippen LogP contribution in [-0.4, -0.2) is 9.13 Å². The second kappa shape index (κ2) is 10.8. The standard InChI is InChI=1S/C48H30N2O/c1-3-12-31(13-4-1)36-18-11-21-46-48(36)39-25-24-35(30-47(39)51-46)50-43-20-10-8-17-38(43)41-29-33(23-27-45(41)50)32-22-26-44-40(28-32)37-16-7-9-19-42(37)49(44)34-14-5-2-6-15-34/h1-30H/i1D,3D,4D,7D,12D,13D. The van der Waals surface area contributed by atoms with E-state index in [1.54, 1.807) is 12.1 Å². The third-order valence-corrected chi connectivity index (χ3v) is 10.1. The summed E-state index contributed by atoms with van der Waals surface area (Å²) in [5.74, 6) is 0. The lowest BCUT2D eigenvalue weighted by molar-refractivity contribution is 0.668. The molecule has 0 aliphatic carbocycles. The van der Waals surface area contributed by atoms with Gasteiger partial charge in [0.1, 0.15) is 11.2 Å². The molecule has 0 spiro atoms. The average Bonchev–Trinajstić information content (AvgIpc) is 3.89. The van der Waals surface area contributed by atoms with Crippen LogP contribution in [0.25, 0.3) is 99.2 Å². The first-order valence-corrected chi connectivity index (χ1v) is 16.9. The number of rotatable bonds is 4. The van der Waals surface area contributed by atoms with Crippen LogP contribution in [0.3, 0.4) is 0 Å². The molecule has 238 valence electrons. The second-order valence-corrected chi connectivity index (χ2v) is 12.9. The maximum Gasteiger partial charge on any atom is 0.137 e. The molecule has 0 radical (unpaired) electrons. The molecule has 8 aromatic carbocycles. The Labute approximate surface area is 302 Å². The van der Waals surface area contributed by atoms with Gasteiger partial charge in [-0.3, -0.25) is 0 Å². The van der Waals surface area contributed by atoms with Crippen molar-refractivity contribution in [1.82, 2.24) is 9.13 Å². The molecule has 0 aliphatic heterocycles. The lowest BCUT2D eigenvalue weighted by atomic mass is 9.99. The van der Waals surface area contributed by atoms with E-state index in [0.717, 1.165) is 71.5 Å². The SMILES string of the molecule is [2H]c1ccc2c(c1)c1cc(-c3ccc4c(c3)c3ccccc3n4-c3ccc4c(c3)oc3cccc(-c5c([2H])c([2H])c([2H])c([2H])c5[2H])c34)ccc1n2-c1ccccc1. The molecule has 0 saturated heterocycles. The molecular weight excluding hydrogens is 621 g/mol. The number of hydrogen-bond acceptors (Lipinski definition) is 1. The van der Waals surface area contributed by atoms with Crippen molar-refractivity contribution in [1.29, 1.82) is 0 Å². The van der Waals surface area contributed by atoms with Crippen molar-refractivity contribution in [2.24, 2.45) is 0 Å². The Balaban J connectivity index is 1.07. The second-order valence-electron chi connectivity index (χ2n) is 12.9. The van der Waals surface area contributed by atoms with E-state index in [4.69, 9.17) is 12.6 Å². The Bertz CT molecular complexity index is 3460. The van der Waals surface area contributed by atoms with Crippen molar-refractivity contribution in [2.75, 3.05) is 0 Å². The van der Waals surface area contributed by atoms with Gasteiger partial charge in [-0.05, 0) is 89.0 Å². The molecule has 0 fully saturated rings. The van der Waals surface area contributed by atoms with E-state index in [9.17, 15) is 0 Å². The van der Waals surface area contributed by atoms with Gasteiger partial charge in [-0.2, -0.15) is 0 Å². The summed E-state index contributed by atoms with van der Waals surface area (Å²) in [5.41, 5.74) is 10.3. The predicted octanol–water partition coefficient (Wildman–Crippen LogP) is 13.1. The molecule has 0 atom stereocenters. The van der Waals surface area contributed by atoms with E-state index >= 15 is 0 Å². The third kappa shape index (κ3) is 4.19. The predicted molar refractivity (Wildman–Crippen MR) is 213 cm³/mol. The van der Waals surface area contributed by atoms with E-state index < -0.39 is 6.04 Å². The van der Waals surface area contributed by atoms with Crippen molar-refractivity contribution in [3.63, 3.8) is 0 Å². The maximum atomic E-state index is 8.66. The van der Waals surface area contributed by atoms with Crippen LogP contribution in [0.4, 0.5) is 0 Å².